The van der Waals surface area contributed by atoms with Crippen molar-refractivity contribution >= 4 is 11.8 Å². The van der Waals surface area contributed by atoms with E-state index in [1.807, 2.05) is 62.4 Å². The molecule has 144 valence electrons. The van der Waals surface area contributed by atoms with Crippen LogP contribution in [0.4, 0.5) is 0 Å². The summed E-state index contributed by atoms with van der Waals surface area (Å²) in [5.74, 6) is 0.503. The Bertz CT molecular complexity index is 789. The number of amides is 2. The number of carbonyl (C=O) groups excluding carboxylic acids is 2. The third kappa shape index (κ3) is 5.58. The Morgan fingerprint density at radius 2 is 1.81 bits per heavy atom. The minimum Gasteiger partial charge on any atom is -0.497 e. The number of ether oxygens (including phenoxy) is 1. The van der Waals surface area contributed by atoms with Crippen molar-refractivity contribution in [1.29, 1.82) is 0 Å². The molecule has 1 N–H and O–H groups in total. The fourth-order valence-electron chi connectivity index (χ4n) is 3.15. The molecule has 0 aromatic heterocycles. The fourth-order valence-corrected chi connectivity index (χ4v) is 3.15. The smallest absolute Gasteiger partial charge is 0.242 e. The van der Waals surface area contributed by atoms with Crippen molar-refractivity contribution in [2.24, 2.45) is 0 Å². The van der Waals surface area contributed by atoms with Crippen LogP contribution in [0.5, 0.6) is 5.75 Å². The highest BCUT2D eigenvalue weighted by molar-refractivity contribution is 5.88. The second-order valence-electron chi connectivity index (χ2n) is 6.58. The van der Waals surface area contributed by atoms with Crippen LogP contribution in [0.2, 0.25) is 0 Å². The summed E-state index contributed by atoms with van der Waals surface area (Å²) < 4.78 is 5.28. The third-order valence-electron chi connectivity index (χ3n) is 4.56. The summed E-state index contributed by atoms with van der Waals surface area (Å²) in [6.07, 6.45) is 0.808. The molecule has 27 heavy (non-hydrogen) atoms. The molecule has 5 nitrogen and oxygen atoms in total. The molecule has 0 saturated carbocycles. The van der Waals surface area contributed by atoms with E-state index in [9.17, 15) is 9.59 Å². The number of likely N-dealkylation sites (N-methyl/N-ethyl adjacent to an activating group) is 1. The van der Waals surface area contributed by atoms with E-state index in [0.717, 1.165) is 22.4 Å². The molecule has 1 atom stereocenters. The van der Waals surface area contributed by atoms with Crippen molar-refractivity contribution in [3.05, 3.63) is 65.2 Å². The maximum Gasteiger partial charge on any atom is 0.242 e. The van der Waals surface area contributed by atoms with Crippen LogP contribution in [0.3, 0.4) is 0 Å². The van der Waals surface area contributed by atoms with E-state index < -0.39 is 6.04 Å². The third-order valence-corrected chi connectivity index (χ3v) is 4.56. The van der Waals surface area contributed by atoms with Gasteiger partial charge in [0.1, 0.15) is 11.8 Å². The van der Waals surface area contributed by atoms with Gasteiger partial charge in [0, 0.05) is 13.6 Å². The van der Waals surface area contributed by atoms with Gasteiger partial charge in [0.2, 0.25) is 11.8 Å². The van der Waals surface area contributed by atoms with Crippen molar-refractivity contribution in [2.75, 3.05) is 14.2 Å². The molecule has 0 aliphatic rings. The van der Waals surface area contributed by atoms with Gasteiger partial charge in [0.25, 0.3) is 0 Å². The first kappa shape index (κ1) is 20.5. The lowest BCUT2D eigenvalue weighted by molar-refractivity contribution is -0.140. The molecule has 2 aromatic carbocycles. The molecular weight excluding hydrogens is 340 g/mol. The summed E-state index contributed by atoms with van der Waals surface area (Å²) in [7, 11) is 3.21. The molecule has 5 heteroatoms. The lowest BCUT2D eigenvalue weighted by atomic mass is 10.1. The Morgan fingerprint density at radius 3 is 2.44 bits per heavy atom. The highest BCUT2D eigenvalue weighted by atomic mass is 16.5. The largest absolute Gasteiger partial charge is 0.497 e. The van der Waals surface area contributed by atoms with Crippen LogP contribution in [0.1, 0.15) is 30.0 Å². The molecule has 0 aliphatic heterocycles. The number of nitrogens with zero attached hydrogens (tertiary/aromatic N) is 1. The van der Waals surface area contributed by atoms with Gasteiger partial charge in [-0.3, -0.25) is 9.59 Å². The number of hydrogen-bond donors (Lipinski definition) is 1. The van der Waals surface area contributed by atoms with Crippen LogP contribution in [0.25, 0.3) is 0 Å². The van der Waals surface area contributed by atoms with Crippen molar-refractivity contribution in [2.45, 2.75) is 39.3 Å². The summed E-state index contributed by atoms with van der Waals surface area (Å²) in [6, 6.07) is 14.9. The van der Waals surface area contributed by atoms with Crippen LogP contribution in [0.15, 0.2) is 48.5 Å². The maximum absolute atomic E-state index is 13.1. The number of methoxy groups -OCH3 is 1. The highest BCUT2D eigenvalue weighted by Crippen LogP contribution is 2.18. The van der Waals surface area contributed by atoms with Crippen LogP contribution in [0, 0.1) is 6.92 Å². The molecule has 0 saturated heterocycles. The molecule has 0 fully saturated rings. The molecule has 2 rings (SSSR count). The standard InChI is InChI=1S/C22H28N2O3/c1-5-20(22(26)23-3)24(15-18-10-7-11-19(13-18)27-4)21(25)14-17-9-6-8-16(2)12-17/h6-13,20H,5,14-15H2,1-4H3,(H,23,26)/t20-/m0/s1. The van der Waals surface area contributed by atoms with Gasteiger partial charge in [0.15, 0.2) is 0 Å². The Morgan fingerprint density at radius 1 is 1.11 bits per heavy atom. The normalized spacial score (nSPS) is 11.6. The van der Waals surface area contributed by atoms with Crippen LogP contribution >= 0.6 is 0 Å². The predicted octanol–water partition coefficient (Wildman–Crippen LogP) is 3.10. The minimum atomic E-state index is -0.515. The monoisotopic (exact) mass is 368 g/mol. The van der Waals surface area contributed by atoms with Gasteiger partial charge >= 0.3 is 0 Å². The SMILES string of the molecule is CC[C@@H](C(=O)NC)N(Cc1cccc(OC)c1)C(=O)Cc1cccc(C)c1. The number of benzene rings is 2. The van der Waals surface area contributed by atoms with E-state index in [-0.39, 0.29) is 18.2 Å². The molecule has 2 amide bonds. The van der Waals surface area contributed by atoms with Crippen molar-refractivity contribution in [3.63, 3.8) is 0 Å². The first-order chi connectivity index (χ1) is 13.0. The molecule has 0 radical (unpaired) electrons. The summed E-state index contributed by atoms with van der Waals surface area (Å²) in [5.41, 5.74) is 2.98. The first-order valence-corrected chi connectivity index (χ1v) is 9.18. The van der Waals surface area contributed by atoms with Crippen LogP contribution < -0.4 is 10.1 Å². The van der Waals surface area contributed by atoms with Crippen molar-refractivity contribution < 1.29 is 14.3 Å². The van der Waals surface area contributed by atoms with Crippen LogP contribution in [-0.4, -0.2) is 36.9 Å². The lowest BCUT2D eigenvalue weighted by Crippen LogP contribution is -2.48. The summed E-state index contributed by atoms with van der Waals surface area (Å²) >= 11 is 0. The van der Waals surface area contributed by atoms with E-state index in [1.54, 1.807) is 19.1 Å². The average molecular weight is 368 g/mol. The van der Waals surface area contributed by atoms with E-state index >= 15 is 0 Å². The second kappa shape index (κ2) is 9.76. The predicted molar refractivity (Wildman–Crippen MR) is 107 cm³/mol. The summed E-state index contributed by atoms with van der Waals surface area (Å²) in [6.45, 7) is 4.27. The molecule has 0 spiro atoms. The van der Waals surface area contributed by atoms with Gasteiger partial charge in [-0.25, -0.2) is 0 Å². The second-order valence-corrected chi connectivity index (χ2v) is 6.58. The summed E-state index contributed by atoms with van der Waals surface area (Å²) in [5, 5.41) is 2.68. The Hall–Kier alpha value is -2.82. The number of rotatable bonds is 8. The maximum atomic E-state index is 13.1. The number of nitrogens with one attached hydrogen (secondary N) is 1. The van der Waals surface area contributed by atoms with E-state index in [4.69, 9.17) is 4.74 Å². The first-order valence-electron chi connectivity index (χ1n) is 9.18. The average Bonchev–Trinajstić information content (AvgIpc) is 2.67. The van der Waals surface area contributed by atoms with Gasteiger partial charge in [0.05, 0.1) is 13.5 Å². The van der Waals surface area contributed by atoms with Crippen molar-refractivity contribution in [3.8, 4) is 5.75 Å². The van der Waals surface area contributed by atoms with E-state index in [2.05, 4.69) is 5.32 Å². The molecule has 0 heterocycles. The molecule has 0 unspecified atom stereocenters. The van der Waals surface area contributed by atoms with E-state index in [1.165, 1.54) is 0 Å². The van der Waals surface area contributed by atoms with Crippen molar-refractivity contribution in [1.82, 2.24) is 10.2 Å². The Kier molecular flexibility index (Phi) is 7.41. The number of aryl methyl sites for hydroxylation is 1. The van der Waals surface area contributed by atoms with Gasteiger partial charge in [-0.05, 0) is 36.6 Å². The molecule has 0 bridgehead atoms. The van der Waals surface area contributed by atoms with Gasteiger partial charge in [-0.1, -0.05) is 48.9 Å². The molecule has 2 aromatic rings. The number of carbonyl (C=O) groups is 2. The Labute approximate surface area is 161 Å². The van der Waals surface area contributed by atoms with Crippen LogP contribution in [-0.2, 0) is 22.6 Å². The molecule has 0 aliphatic carbocycles. The zero-order chi connectivity index (χ0) is 19.8. The van der Waals surface area contributed by atoms with Gasteiger partial charge < -0.3 is 15.0 Å². The highest BCUT2D eigenvalue weighted by Gasteiger charge is 2.28. The molecular formula is C22H28N2O3. The van der Waals surface area contributed by atoms with Gasteiger partial charge in [-0.2, -0.15) is 0 Å². The topological polar surface area (TPSA) is 58.6 Å². The zero-order valence-electron chi connectivity index (χ0n) is 16.5. The van der Waals surface area contributed by atoms with E-state index in [0.29, 0.717) is 13.0 Å². The van der Waals surface area contributed by atoms with Gasteiger partial charge in [-0.15, -0.1) is 0 Å². The fraction of sp³-hybridized carbons (Fsp3) is 0.364. The Balaban J connectivity index is 2.29. The zero-order valence-corrected chi connectivity index (χ0v) is 16.5. The quantitative estimate of drug-likeness (QED) is 0.779. The summed E-state index contributed by atoms with van der Waals surface area (Å²) in [4.78, 5) is 27.2. The minimum absolute atomic E-state index is 0.0705. The lowest BCUT2D eigenvalue weighted by Gasteiger charge is -2.30. The number of hydrogen-bond acceptors (Lipinski definition) is 3.